The molecule has 76 valence electrons. The molecule has 13 heavy (non-hydrogen) atoms. The van der Waals surface area contributed by atoms with Crippen molar-refractivity contribution in [1.82, 2.24) is 0 Å². The van der Waals surface area contributed by atoms with Crippen molar-refractivity contribution in [1.29, 1.82) is 0 Å². The highest BCUT2D eigenvalue weighted by Gasteiger charge is 2.09. The molecule has 0 amide bonds. The molecule has 1 atom stereocenters. The van der Waals surface area contributed by atoms with Gasteiger partial charge in [-0.25, -0.2) is 4.79 Å². The molecule has 0 aromatic rings. The maximum absolute atomic E-state index is 11.0. The van der Waals surface area contributed by atoms with E-state index in [2.05, 4.69) is 0 Å². The van der Waals surface area contributed by atoms with Gasteiger partial charge in [0.15, 0.2) is 0 Å². The van der Waals surface area contributed by atoms with Crippen LogP contribution >= 0.6 is 0 Å². The minimum absolute atomic E-state index is 0.427. The van der Waals surface area contributed by atoms with Crippen LogP contribution < -0.4 is 5.73 Å². The number of hydrogen-bond donors (Lipinski definition) is 1. The van der Waals surface area contributed by atoms with Gasteiger partial charge in [0, 0.05) is 24.8 Å². The molecule has 0 fully saturated rings. The van der Waals surface area contributed by atoms with Gasteiger partial charge in [-0.3, -0.25) is 0 Å². The lowest BCUT2D eigenvalue weighted by Gasteiger charge is -2.14. The molecule has 4 nitrogen and oxygen atoms in total. The van der Waals surface area contributed by atoms with Crippen molar-refractivity contribution >= 4 is 5.97 Å². The standard InChI is InChI=1S/C9H17NO3/c1-4-9(12-5-2)13-8(11)6-7(3)10/h6,9H,4-5,10H2,1-3H3. The maximum Gasteiger partial charge on any atom is 0.334 e. The summed E-state index contributed by atoms with van der Waals surface area (Å²) in [6, 6.07) is 0. The van der Waals surface area contributed by atoms with Gasteiger partial charge in [0.1, 0.15) is 0 Å². The number of carbonyl (C=O) groups excluding carboxylic acids is 1. The van der Waals surface area contributed by atoms with Crippen molar-refractivity contribution < 1.29 is 14.3 Å². The van der Waals surface area contributed by atoms with Gasteiger partial charge in [-0.15, -0.1) is 0 Å². The van der Waals surface area contributed by atoms with Crippen molar-refractivity contribution in [2.75, 3.05) is 6.61 Å². The van der Waals surface area contributed by atoms with E-state index >= 15 is 0 Å². The molecule has 4 heteroatoms. The van der Waals surface area contributed by atoms with Gasteiger partial charge in [0.05, 0.1) is 0 Å². The Morgan fingerprint density at radius 1 is 1.54 bits per heavy atom. The third-order valence-electron chi connectivity index (χ3n) is 1.28. The maximum atomic E-state index is 11.0. The van der Waals surface area contributed by atoms with Gasteiger partial charge in [0.2, 0.25) is 6.29 Å². The fourth-order valence-electron chi connectivity index (χ4n) is 0.771. The highest BCUT2D eigenvalue weighted by Crippen LogP contribution is 2.01. The quantitative estimate of drug-likeness (QED) is 0.398. The van der Waals surface area contributed by atoms with E-state index in [-0.39, 0.29) is 0 Å². The SMILES string of the molecule is CCOC(CC)OC(=O)C=C(C)N. The van der Waals surface area contributed by atoms with E-state index < -0.39 is 12.3 Å². The van der Waals surface area contributed by atoms with Crippen molar-refractivity contribution in [3.8, 4) is 0 Å². The molecule has 0 heterocycles. The van der Waals surface area contributed by atoms with E-state index in [1.165, 1.54) is 6.08 Å². The third kappa shape index (κ3) is 6.16. The minimum atomic E-state index is -0.465. The lowest BCUT2D eigenvalue weighted by atomic mass is 10.4. The predicted molar refractivity (Wildman–Crippen MR) is 49.7 cm³/mol. The largest absolute Gasteiger partial charge is 0.433 e. The average molecular weight is 187 g/mol. The second kappa shape index (κ2) is 6.48. The van der Waals surface area contributed by atoms with Gasteiger partial charge in [-0.1, -0.05) is 6.92 Å². The summed E-state index contributed by atoms with van der Waals surface area (Å²) in [5.41, 5.74) is 5.73. The molecular formula is C9H17NO3. The van der Waals surface area contributed by atoms with Crippen LogP contribution in [0, 0.1) is 0 Å². The van der Waals surface area contributed by atoms with Crippen LogP contribution in [0.25, 0.3) is 0 Å². The summed E-state index contributed by atoms with van der Waals surface area (Å²) in [6.45, 7) is 5.88. The second-order valence-corrected chi connectivity index (χ2v) is 2.62. The molecule has 0 radical (unpaired) electrons. The number of hydrogen-bond acceptors (Lipinski definition) is 4. The first-order valence-electron chi connectivity index (χ1n) is 4.36. The second-order valence-electron chi connectivity index (χ2n) is 2.62. The molecule has 0 aliphatic carbocycles. The Morgan fingerprint density at radius 3 is 2.54 bits per heavy atom. The van der Waals surface area contributed by atoms with E-state index in [1.54, 1.807) is 6.92 Å². The molecule has 0 aromatic carbocycles. The summed E-state index contributed by atoms with van der Waals surface area (Å²) in [7, 11) is 0. The Bertz CT molecular complexity index is 185. The molecule has 0 saturated heterocycles. The van der Waals surface area contributed by atoms with Crippen molar-refractivity contribution in [2.24, 2.45) is 5.73 Å². The van der Waals surface area contributed by atoms with Crippen LogP contribution in [0.1, 0.15) is 27.2 Å². The van der Waals surface area contributed by atoms with Crippen LogP contribution in [0.4, 0.5) is 0 Å². The molecule has 0 aliphatic heterocycles. The molecule has 0 aromatic heterocycles. The van der Waals surface area contributed by atoms with Crippen LogP contribution in [0.5, 0.6) is 0 Å². The molecule has 1 unspecified atom stereocenters. The van der Waals surface area contributed by atoms with Crippen LogP contribution in [0.3, 0.4) is 0 Å². The van der Waals surface area contributed by atoms with E-state index in [1.807, 2.05) is 13.8 Å². The van der Waals surface area contributed by atoms with Gasteiger partial charge < -0.3 is 15.2 Å². The normalized spacial score (nSPS) is 13.9. The van der Waals surface area contributed by atoms with E-state index in [0.29, 0.717) is 18.7 Å². The average Bonchev–Trinajstić information content (AvgIpc) is 2.02. The summed E-state index contributed by atoms with van der Waals surface area (Å²) in [5.74, 6) is -0.458. The predicted octanol–water partition coefficient (Wildman–Crippen LogP) is 1.16. The lowest BCUT2D eigenvalue weighted by Crippen LogP contribution is -2.20. The topological polar surface area (TPSA) is 61.5 Å². The minimum Gasteiger partial charge on any atom is -0.433 e. The van der Waals surface area contributed by atoms with E-state index in [9.17, 15) is 4.79 Å². The molecule has 0 saturated carbocycles. The zero-order valence-corrected chi connectivity index (χ0v) is 8.37. The first-order chi connectivity index (χ1) is 6.10. The number of carbonyl (C=O) groups is 1. The number of esters is 1. The van der Waals surface area contributed by atoms with Crippen LogP contribution in [0.15, 0.2) is 11.8 Å². The fraction of sp³-hybridized carbons (Fsp3) is 0.667. The van der Waals surface area contributed by atoms with Crippen LogP contribution in [-0.4, -0.2) is 18.9 Å². The first kappa shape index (κ1) is 12.0. The Labute approximate surface area is 78.7 Å². The van der Waals surface area contributed by atoms with Crippen molar-refractivity contribution in [3.63, 3.8) is 0 Å². The summed E-state index contributed by atoms with van der Waals surface area (Å²) in [5, 5.41) is 0. The van der Waals surface area contributed by atoms with E-state index in [4.69, 9.17) is 15.2 Å². The lowest BCUT2D eigenvalue weighted by molar-refractivity contribution is -0.172. The zero-order chi connectivity index (χ0) is 10.3. The van der Waals surface area contributed by atoms with Crippen LogP contribution in [-0.2, 0) is 14.3 Å². The van der Waals surface area contributed by atoms with Gasteiger partial charge in [0.25, 0.3) is 0 Å². The molecular weight excluding hydrogens is 170 g/mol. The monoisotopic (exact) mass is 187 g/mol. The van der Waals surface area contributed by atoms with Gasteiger partial charge in [-0.2, -0.15) is 0 Å². The smallest absolute Gasteiger partial charge is 0.334 e. The number of allylic oxidation sites excluding steroid dienone is 1. The van der Waals surface area contributed by atoms with Crippen LogP contribution in [0.2, 0.25) is 0 Å². The number of nitrogens with two attached hydrogens (primary N) is 1. The summed E-state index contributed by atoms with van der Waals surface area (Å²) < 4.78 is 10.1. The summed E-state index contributed by atoms with van der Waals surface area (Å²) in [6.07, 6.45) is 1.41. The van der Waals surface area contributed by atoms with Gasteiger partial charge >= 0.3 is 5.97 Å². The molecule has 0 rings (SSSR count). The zero-order valence-electron chi connectivity index (χ0n) is 8.37. The molecule has 2 N–H and O–H groups in total. The van der Waals surface area contributed by atoms with Crippen molar-refractivity contribution in [2.45, 2.75) is 33.5 Å². The molecule has 0 spiro atoms. The summed E-state index contributed by atoms with van der Waals surface area (Å²) >= 11 is 0. The third-order valence-corrected chi connectivity index (χ3v) is 1.28. The Hall–Kier alpha value is -1.03. The van der Waals surface area contributed by atoms with E-state index in [0.717, 1.165) is 0 Å². The fourth-order valence-corrected chi connectivity index (χ4v) is 0.771. The highest BCUT2D eigenvalue weighted by molar-refractivity contribution is 5.82. The number of ether oxygens (including phenoxy) is 2. The molecule has 0 aliphatic rings. The first-order valence-corrected chi connectivity index (χ1v) is 4.36. The molecule has 0 bridgehead atoms. The Balaban J connectivity index is 3.94. The summed E-state index contributed by atoms with van der Waals surface area (Å²) in [4.78, 5) is 11.0. The van der Waals surface area contributed by atoms with Crippen molar-refractivity contribution in [3.05, 3.63) is 11.8 Å². The Morgan fingerprint density at radius 2 is 2.15 bits per heavy atom. The Kier molecular flexibility index (Phi) is 5.97. The number of rotatable bonds is 5. The van der Waals surface area contributed by atoms with Gasteiger partial charge in [-0.05, 0) is 13.8 Å². The highest BCUT2D eigenvalue weighted by atomic mass is 16.7.